The van der Waals surface area contributed by atoms with Crippen LogP contribution >= 0.6 is 27.3 Å². The Morgan fingerprint density at radius 1 is 0.980 bits per heavy atom. The third-order valence-electron chi connectivity index (χ3n) is 8.12. The Morgan fingerprint density at radius 3 is 2.44 bits per heavy atom. The van der Waals surface area contributed by atoms with Crippen molar-refractivity contribution in [2.45, 2.75) is 19.6 Å². The zero-order valence-corrected chi connectivity index (χ0v) is 29.9. The number of hydrogen-bond acceptors (Lipinski definition) is 9. The highest BCUT2D eigenvalue weighted by Crippen LogP contribution is 2.38. The highest BCUT2D eigenvalue weighted by molar-refractivity contribution is 9.10. The number of amides is 1. The highest BCUT2D eigenvalue weighted by Gasteiger charge is 2.34. The molecule has 6 rings (SSSR count). The second kappa shape index (κ2) is 14.9. The zero-order chi connectivity index (χ0) is 35.4. The smallest absolute Gasteiger partial charge is 0.271 e. The lowest BCUT2D eigenvalue weighted by molar-refractivity contribution is -0.113. The van der Waals surface area contributed by atoms with E-state index >= 15 is 0 Å². The normalized spacial score (nSPS) is 13.9. The van der Waals surface area contributed by atoms with Crippen molar-refractivity contribution in [3.8, 4) is 29.1 Å². The summed E-state index contributed by atoms with van der Waals surface area (Å²) in [5.41, 5.74) is 3.57. The number of halogens is 1. The van der Waals surface area contributed by atoms with Gasteiger partial charge in [0.1, 0.15) is 24.1 Å². The number of thiazole rings is 1. The van der Waals surface area contributed by atoms with Crippen molar-refractivity contribution in [2.24, 2.45) is 4.99 Å². The fourth-order valence-electron chi connectivity index (χ4n) is 5.66. The van der Waals surface area contributed by atoms with E-state index in [2.05, 4.69) is 27.3 Å². The molecule has 252 valence electrons. The summed E-state index contributed by atoms with van der Waals surface area (Å²) in [6.45, 7) is 1.92. The number of fused-ring (bicyclic) bond motifs is 1. The van der Waals surface area contributed by atoms with E-state index in [9.17, 15) is 14.9 Å². The Balaban J connectivity index is 1.44. The molecule has 1 aliphatic heterocycles. The first-order valence-electron chi connectivity index (χ1n) is 15.4. The molecule has 0 aliphatic carbocycles. The Hall–Kier alpha value is -5.64. The number of para-hydroxylation sites is 1. The molecule has 0 saturated carbocycles. The van der Waals surface area contributed by atoms with E-state index < -0.39 is 11.9 Å². The maximum atomic E-state index is 14.4. The molecule has 1 amide bonds. The molecule has 0 saturated heterocycles. The number of benzene rings is 4. The third-order valence-corrected chi connectivity index (χ3v) is 9.79. The van der Waals surface area contributed by atoms with Gasteiger partial charge in [0, 0.05) is 27.4 Å². The summed E-state index contributed by atoms with van der Waals surface area (Å²) in [6.07, 6.45) is 1.75. The SMILES string of the molecule is COc1ccc([C@@H]2C(C(=O)Nc3ccccc3)=C(C)N=c3s/c(=C\c4cc(OC)c(OCc5ccccc5C#N)cc4Br)c(=O)n32)c(OC)c1. The summed E-state index contributed by atoms with van der Waals surface area (Å²) in [5.74, 6) is 1.52. The van der Waals surface area contributed by atoms with Crippen molar-refractivity contribution in [3.63, 3.8) is 0 Å². The van der Waals surface area contributed by atoms with Crippen LogP contribution in [0.5, 0.6) is 23.0 Å². The van der Waals surface area contributed by atoms with Crippen LogP contribution in [0.2, 0.25) is 0 Å². The number of rotatable bonds is 10. The van der Waals surface area contributed by atoms with E-state index in [0.29, 0.717) is 70.5 Å². The first kappa shape index (κ1) is 34.2. The van der Waals surface area contributed by atoms with Gasteiger partial charge < -0.3 is 24.3 Å². The highest BCUT2D eigenvalue weighted by atomic mass is 79.9. The minimum Gasteiger partial charge on any atom is -0.497 e. The molecule has 0 bridgehead atoms. The number of methoxy groups -OCH3 is 3. The largest absolute Gasteiger partial charge is 0.497 e. The topological polar surface area (TPSA) is 124 Å². The lowest BCUT2D eigenvalue weighted by Crippen LogP contribution is -2.40. The Labute approximate surface area is 300 Å². The van der Waals surface area contributed by atoms with Gasteiger partial charge in [0.2, 0.25) is 0 Å². The summed E-state index contributed by atoms with van der Waals surface area (Å²) >= 11 is 4.84. The molecule has 4 aromatic carbocycles. The Kier molecular flexibility index (Phi) is 10.2. The molecule has 1 aromatic heterocycles. The van der Waals surface area contributed by atoms with Crippen LogP contribution in [0.3, 0.4) is 0 Å². The number of carbonyl (C=O) groups excluding carboxylic acids is 1. The van der Waals surface area contributed by atoms with Crippen LogP contribution < -0.4 is 39.2 Å². The average molecular weight is 752 g/mol. The summed E-state index contributed by atoms with van der Waals surface area (Å²) in [4.78, 5) is 33.5. The van der Waals surface area contributed by atoms with Gasteiger partial charge in [-0.05, 0) is 61.0 Å². The second-order valence-electron chi connectivity index (χ2n) is 11.1. The van der Waals surface area contributed by atoms with E-state index in [1.807, 2.05) is 30.3 Å². The predicted molar refractivity (Wildman–Crippen MR) is 195 cm³/mol. The number of ether oxygens (including phenoxy) is 4. The molecule has 2 heterocycles. The fourth-order valence-corrected chi connectivity index (χ4v) is 7.13. The van der Waals surface area contributed by atoms with Gasteiger partial charge in [-0.2, -0.15) is 5.26 Å². The summed E-state index contributed by atoms with van der Waals surface area (Å²) in [5, 5.41) is 12.4. The minimum atomic E-state index is -0.858. The standard InChI is InChI=1S/C38H31BrN4O6S/c1-22-34(36(44)42-26-12-6-5-7-13-26)35(28-15-14-27(46-2)18-30(28)47-3)43-37(45)33(50-38(43)41-22)17-25-16-31(48-4)32(19-29(25)39)49-21-24-11-9-8-10-23(24)20-40/h5-19,35H,21H2,1-4H3,(H,42,44)/b33-17-/t35-/m1/s1. The molecule has 50 heavy (non-hydrogen) atoms. The molecule has 1 atom stereocenters. The molecule has 0 fully saturated rings. The second-order valence-corrected chi connectivity index (χ2v) is 13.0. The first-order chi connectivity index (χ1) is 24.3. The number of nitriles is 1. The Bertz CT molecular complexity index is 2360. The van der Waals surface area contributed by atoms with Gasteiger partial charge >= 0.3 is 0 Å². The van der Waals surface area contributed by atoms with Crippen LogP contribution in [0.25, 0.3) is 6.08 Å². The molecule has 0 spiro atoms. The molecule has 10 nitrogen and oxygen atoms in total. The van der Waals surface area contributed by atoms with Crippen LogP contribution in [0.1, 0.15) is 35.2 Å². The van der Waals surface area contributed by atoms with Crippen molar-refractivity contribution < 1.29 is 23.7 Å². The van der Waals surface area contributed by atoms with E-state index in [1.165, 1.54) is 30.1 Å². The lowest BCUT2D eigenvalue weighted by Gasteiger charge is -2.26. The number of nitrogens with zero attached hydrogens (tertiary/aromatic N) is 3. The van der Waals surface area contributed by atoms with E-state index in [-0.39, 0.29) is 12.2 Å². The first-order valence-corrected chi connectivity index (χ1v) is 17.0. The van der Waals surface area contributed by atoms with Gasteiger partial charge in [-0.1, -0.05) is 63.7 Å². The van der Waals surface area contributed by atoms with Crippen molar-refractivity contribution in [2.75, 3.05) is 26.6 Å². The Morgan fingerprint density at radius 2 is 1.72 bits per heavy atom. The molecule has 12 heteroatoms. The van der Waals surface area contributed by atoms with Crippen LogP contribution in [-0.4, -0.2) is 31.8 Å². The van der Waals surface area contributed by atoms with E-state index in [0.717, 1.165) is 5.56 Å². The molecular weight excluding hydrogens is 720 g/mol. The quantitative estimate of drug-likeness (QED) is 0.183. The van der Waals surface area contributed by atoms with Crippen LogP contribution in [-0.2, 0) is 11.4 Å². The molecule has 1 aliphatic rings. The zero-order valence-electron chi connectivity index (χ0n) is 27.5. The van der Waals surface area contributed by atoms with Gasteiger partial charge in [-0.25, -0.2) is 4.99 Å². The molecular formula is C38H31BrN4O6S. The van der Waals surface area contributed by atoms with Gasteiger partial charge in [0.25, 0.3) is 11.5 Å². The predicted octanol–water partition coefficient (Wildman–Crippen LogP) is 6.11. The third kappa shape index (κ3) is 6.78. The van der Waals surface area contributed by atoms with Gasteiger partial charge in [0.15, 0.2) is 16.3 Å². The molecule has 5 aromatic rings. The van der Waals surface area contributed by atoms with Gasteiger partial charge in [-0.15, -0.1) is 0 Å². The molecule has 0 unspecified atom stereocenters. The van der Waals surface area contributed by atoms with E-state index in [4.69, 9.17) is 23.9 Å². The van der Waals surface area contributed by atoms with Crippen LogP contribution in [0, 0.1) is 11.3 Å². The van der Waals surface area contributed by atoms with E-state index in [1.54, 1.807) is 74.7 Å². The molecule has 1 N–H and O–H groups in total. The van der Waals surface area contributed by atoms with Crippen molar-refractivity contribution in [3.05, 3.63) is 143 Å². The monoisotopic (exact) mass is 750 g/mol. The lowest BCUT2D eigenvalue weighted by atomic mass is 9.94. The van der Waals surface area contributed by atoms with Crippen molar-refractivity contribution >= 4 is 44.9 Å². The number of nitrogens with one attached hydrogen (secondary N) is 1. The number of anilines is 1. The fraction of sp³-hybridized carbons (Fsp3) is 0.158. The maximum absolute atomic E-state index is 14.4. The minimum absolute atomic E-state index is 0.166. The van der Waals surface area contributed by atoms with Crippen LogP contribution in [0.15, 0.2) is 110 Å². The summed E-state index contributed by atoms with van der Waals surface area (Å²) in [7, 11) is 4.62. The van der Waals surface area contributed by atoms with Gasteiger partial charge in [-0.3, -0.25) is 14.2 Å². The molecule has 0 radical (unpaired) electrons. The van der Waals surface area contributed by atoms with Gasteiger partial charge in [0.05, 0.1) is 48.8 Å². The summed E-state index contributed by atoms with van der Waals surface area (Å²) < 4.78 is 25.5. The van der Waals surface area contributed by atoms with Crippen molar-refractivity contribution in [1.29, 1.82) is 5.26 Å². The number of carbonyl (C=O) groups is 1. The maximum Gasteiger partial charge on any atom is 0.271 e. The van der Waals surface area contributed by atoms with Crippen LogP contribution in [0.4, 0.5) is 5.69 Å². The number of hydrogen-bond donors (Lipinski definition) is 1. The van der Waals surface area contributed by atoms with Crippen molar-refractivity contribution in [1.82, 2.24) is 4.57 Å². The summed E-state index contributed by atoms with van der Waals surface area (Å²) in [6, 6.07) is 26.5. The number of allylic oxidation sites excluding steroid dienone is 1. The average Bonchev–Trinajstić information content (AvgIpc) is 3.44. The number of aromatic nitrogens is 1.